The summed E-state index contributed by atoms with van der Waals surface area (Å²) >= 11 is 0. The van der Waals surface area contributed by atoms with Gasteiger partial charge in [-0.3, -0.25) is 0 Å². The highest BCUT2D eigenvalue weighted by Crippen LogP contribution is 2.22. The monoisotopic (exact) mass is 356 g/mol. The van der Waals surface area contributed by atoms with Crippen LogP contribution in [0.3, 0.4) is 0 Å². The zero-order valence-corrected chi connectivity index (χ0v) is 15.7. The molecule has 3 aromatic rings. The van der Waals surface area contributed by atoms with Crippen molar-refractivity contribution in [1.82, 2.24) is 19.9 Å². The standard InChI is InChI=1S/C23H24N4/c1-17-8-11-19(12-9-17)26-18(2)10-13-22-21-14-15-27(23(21)25-16-24-22)20-6-4-3-5-7-20/h3-8,11,14-16,26H,2,9-10,12-13H2,1H3. The SMILES string of the molecule is C=C(CCc1ncnc2c1ccn2-c1ccccc1)NC1=CC=C(C)CC1. The predicted molar refractivity (Wildman–Crippen MR) is 111 cm³/mol. The molecule has 2 aromatic heterocycles. The molecule has 4 heteroatoms. The minimum Gasteiger partial charge on any atom is -0.363 e. The van der Waals surface area contributed by atoms with E-state index < -0.39 is 0 Å². The second kappa shape index (κ2) is 7.62. The van der Waals surface area contributed by atoms with Gasteiger partial charge in [0.05, 0.1) is 5.69 Å². The van der Waals surface area contributed by atoms with Crippen molar-refractivity contribution >= 4 is 11.0 Å². The van der Waals surface area contributed by atoms with Gasteiger partial charge in [-0.2, -0.15) is 0 Å². The van der Waals surface area contributed by atoms with Crippen LogP contribution in [0.25, 0.3) is 16.7 Å². The second-order valence-corrected chi connectivity index (χ2v) is 7.01. The third-order valence-electron chi connectivity index (χ3n) is 4.96. The lowest BCUT2D eigenvalue weighted by atomic mass is 10.0. The smallest absolute Gasteiger partial charge is 0.148 e. The molecule has 4 rings (SSSR count). The molecule has 1 N–H and O–H groups in total. The minimum absolute atomic E-state index is 0.839. The van der Waals surface area contributed by atoms with Gasteiger partial charge < -0.3 is 9.88 Å². The van der Waals surface area contributed by atoms with Gasteiger partial charge in [-0.25, -0.2) is 9.97 Å². The molecule has 27 heavy (non-hydrogen) atoms. The van der Waals surface area contributed by atoms with Gasteiger partial charge in [-0.05, 0) is 56.9 Å². The highest BCUT2D eigenvalue weighted by molar-refractivity contribution is 5.80. The summed E-state index contributed by atoms with van der Waals surface area (Å²) in [6.07, 6.45) is 11.9. The molecule has 0 fully saturated rings. The maximum Gasteiger partial charge on any atom is 0.148 e. The topological polar surface area (TPSA) is 42.7 Å². The van der Waals surface area contributed by atoms with Crippen molar-refractivity contribution in [2.24, 2.45) is 0 Å². The Bertz CT molecular complexity index is 1020. The molecular formula is C23H24N4. The third kappa shape index (κ3) is 3.85. The van der Waals surface area contributed by atoms with Crippen molar-refractivity contribution in [3.8, 4) is 5.69 Å². The van der Waals surface area contributed by atoms with E-state index in [4.69, 9.17) is 0 Å². The van der Waals surface area contributed by atoms with Crippen molar-refractivity contribution in [2.75, 3.05) is 0 Å². The number of aromatic nitrogens is 3. The van der Waals surface area contributed by atoms with Crippen LogP contribution in [0.2, 0.25) is 0 Å². The normalized spacial score (nSPS) is 14.0. The summed E-state index contributed by atoms with van der Waals surface area (Å²) in [6, 6.07) is 12.4. The number of allylic oxidation sites excluding steroid dienone is 5. The van der Waals surface area contributed by atoms with Crippen LogP contribution < -0.4 is 5.32 Å². The fourth-order valence-electron chi connectivity index (χ4n) is 3.40. The number of nitrogens with zero attached hydrogens (tertiary/aromatic N) is 3. The van der Waals surface area contributed by atoms with E-state index in [0.717, 1.165) is 53.8 Å². The van der Waals surface area contributed by atoms with Gasteiger partial charge in [-0.1, -0.05) is 36.4 Å². The summed E-state index contributed by atoms with van der Waals surface area (Å²) in [5.41, 5.74) is 6.82. The van der Waals surface area contributed by atoms with Crippen molar-refractivity contribution in [1.29, 1.82) is 0 Å². The number of benzene rings is 1. The molecule has 0 saturated heterocycles. The van der Waals surface area contributed by atoms with Gasteiger partial charge in [0.1, 0.15) is 12.0 Å². The highest BCUT2D eigenvalue weighted by Gasteiger charge is 2.10. The number of rotatable bonds is 6. The fourth-order valence-corrected chi connectivity index (χ4v) is 3.40. The lowest BCUT2D eigenvalue weighted by Gasteiger charge is -2.16. The molecule has 1 aliphatic carbocycles. The van der Waals surface area contributed by atoms with Crippen molar-refractivity contribution in [3.63, 3.8) is 0 Å². The van der Waals surface area contributed by atoms with Gasteiger partial charge >= 0.3 is 0 Å². The molecule has 0 aliphatic heterocycles. The highest BCUT2D eigenvalue weighted by atomic mass is 15.0. The number of aryl methyl sites for hydroxylation is 1. The van der Waals surface area contributed by atoms with Crippen LogP contribution in [0, 0.1) is 0 Å². The summed E-state index contributed by atoms with van der Waals surface area (Å²) in [5, 5.41) is 4.56. The molecule has 0 spiro atoms. The van der Waals surface area contributed by atoms with Gasteiger partial charge in [0, 0.05) is 28.7 Å². The van der Waals surface area contributed by atoms with Crippen LogP contribution in [0.15, 0.2) is 84.6 Å². The predicted octanol–water partition coefficient (Wildman–Crippen LogP) is 5.08. The van der Waals surface area contributed by atoms with E-state index in [1.807, 2.05) is 18.2 Å². The van der Waals surface area contributed by atoms with Crippen molar-refractivity contribution in [3.05, 3.63) is 90.3 Å². The van der Waals surface area contributed by atoms with Gasteiger partial charge in [0.2, 0.25) is 0 Å². The molecule has 0 amide bonds. The number of fused-ring (bicyclic) bond motifs is 1. The number of para-hydroxylation sites is 1. The number of hydrogen-bond donors (Lipinski definition) is 1. The molecule has 0 unspecified atom stereocenters. The fraction of sp³-hybridized carbons (Fsp3) is 0.217. The average molecular weight is 356 g/mol. The Morgan fingerprint density at radius 3 is 2.74 bits per heavy atom. The summed E-state index contributed by atoms with van der Waals surface area (Å²) < 4.78 is 2.11. The first-order chi connectivity index (χ1) is 13.2. The van der Waals surface area contributed by atoms with E-state index in [0.29, 0.717) is 0 Å². The molecule has 0 radical (unpaired) electrons. The Morgan fingerprint density at radius 1 is 1.11 bits per heavy atom. The third-order valence-corrected chi connectivity index (χ3v) is 4.96. The lowest BCUT2D eigenvalue weighted by Crippen LogP contribution is -2.14. The maximum atomic E-state index is 4.53. The molecule has 4 nitrogen and oxygen atoms in total. The van der Waals surface area contributed by atoms with E-state index in [1.165, 1.54) is 11.3 Å². The molecular weight excluding hydrogens is 332 g/mol. The Labute approximate surface area is 160 Å². The van der Waals surface area contributed by atoms with E-state index in [2.05, 4.69) is 69.9 Å². The minimum atomic E-state index is 0.839. The molecule has 1 aromatic carbocycles. The Balaban J connectivity index is 1.48. The summed E-state index contributed by atoms with van der Waals surface area (Å²) in [4.78, 5) is 9.03. The Morgan fingerprint density at radius 2 is 1.96 bits per heavy atom. The first-order valence-electron chi connectivity index (χ1n) is 9.38. The molecule has 2 heterocycles. The van der Waals surface area contributed by atoms with E-state index in [9.17, 15) is 0 Å². The number of nitrogens with one attached hydrogen (secondary N) is 1. The van der Waals surface area contributed by atoms with Crippen molar-refractivity contribution < 1.29 is 0 Å². The van der Waals surface area contributed by atoms with Crippen LogP contribution in [0.5, 0.6) is 0 Å². The van der Waals surface area contributed by atoms with Gasteiger partial charge in [0.15, 0.2) is 0 Å². The van der Waals surface area contributed by atoms with E-state index in [1.54, 1.807) is 6.33 Å². The molecule has 0 atom stereocenters. The summed E-state index contributed by atoms with van der Waals surface area (Å²) in [7, 11) is 0. The quantitative estimate of drug-likeness (QED) is 0.670. The largest absolute Gasteiger partial charge is 0.363 e. The first-order valence-corrected chi connectivity index (χ1v) is 9.38. The maximum absolute atomic E-state index is 4.53. The van der Waals surface area contributed by atoms with Crippen LogP contribution in [0.4, 0.5) is 0 Å². The second-order valence-electron chi connectivity index (χ2n) is 7.01. The summed E-state index contributed by atoms with van der Waals surface area (Å²) in [5.74, 6) is 0. The van der Waals surface area contributed by atoms with Crippen molar-refractivity contribution in [2.45, 2.75) is 32.6 Å². The van der Waals surface area contributed by atoms with Gasteiger partial charge in [0.25, 0.3) is 0 Å². The first kappa shape index (κ1) is 17.3. The number of hydrogen-bond acceptors (Lipinski definition) is 3. The van der Waals surface area contributed by atoms with E-state index in [-0.39, 0.29) is 0 Å². The van der Waals surface area contributed by atoms with Crippen LogP contribution in [-0.2, 0) is 6.42 Å². The Hall–Kier alpha value is -3.14. The van der Waals surface area contributed by atoms with E-state index >= 15 is 0 Å². The molecule has 0 saturated carbocycles. The zero-order chi connectivity index (χ0) is 18.6. The average Bonchev–Trinajstić information content (AvgIpc) is 3.13. The van der Waals surface area contributed by atoms with Crippen LogP contribution in [0.1, 0.15) is 31.9 Å². The molecule has 0 bridgehead atoms. The van der Waals surface area contributed by atoms with Crippen LogP contribution in [-0.4, -0.2) is 14.5 Å². The molecule has 136 valence electrons. The summed E-state index contributed by atoms with van der Waals surface area (Å²) in [6.45, 7) is 6.37. The lowest BCUT2D eigenvalue weighted by molar-refractivity contribution is 0.766. The zero-order valence-electron chi connectivity index (χ0n) is 15.7. The molecule has 1 aliphatic rings. The van der Waals surface area contributed by atoms with Gasteiger partial charge in [-0.15, -0.1) is 0 Å². The Kier molecular flexibility index (Phi) is 4.88. The van der Waals surface area contributed by atoms with Crippen LogP contribution >= 0.6 is 0 Å².